The van der Waals surface area contributed by atoms with Gasteiger partial charge in [-0.15, -0.1) is 0 Å². The molecule has 0 saturated carbocycles. The summed E-state index contributed by atoms with van der Waals surface area (Å²) in [5.41, 5.74) is 1.02. The Hall–Kier alpha value is -0.430. The minimum absolute atomic E-state index is 0.141. The largest absolute Gasteiger partial charge is 0.396 e. The summed E-state index contributed by atoms with van der Waals surface area (Å²) in [5.74, 6) is 0.230. The number of piperidine rings is 1. The van der Waals surface area contributed by atoms with Gasteiger partial charge >= 0.3 is 0 Å². The monoisotopic (exact) mass is 347 g/mol. The molecule has 1 aromatic carbocycles. The lowest BCUT2D eigenvalue weighted by molar-refractivity contribution is 0.170. The van der Waals surface area contributed by atoms with Crippen LogP contribution in [0.4, 0.5) is 0 Å². The number of aliphatic hydroxyl groups is 1. The Bertz CT molecular complexity index is 551. The van der Waals surface area contributed by atoms with Crippen molar-refractivity contribution in [3.05, 3.63) is 28.2 Å². The van der Waals surface area contributed by atoms with E-state index >= 15 is 0 Å². The van der Waals surface area contributed by atoms with Crippen molar-refractivity contribution in [1.29, 1.82) is 0 Å². The number of nitrogens with zero attached hydrogens (tertiary/aromatic N) is 1. The van der Waals surface area contributed by atoms with Gasteiger partial charge in [-0.3, -0.25) is 0 Å². The van der Waals surface area contributed by atoms with E-state index in [0.717, 1.165) is 18.4 Å². The SMILES string of the molecule is Cc1ccc(S(=O)(=O)N2CCC(CO)CC2)c(Br)c1. The Kier molecular flexibility index (Phi) is 4.66. The third-order valence-electron chi connectivity index (χ3n) is 3.54. The Balaban J connectivity index is 2.23. The van der Waals surface area contributed by atoms with Crippen molar-refractivity contribution in [3.63, 3.8) is 0 Å². The summed E-state index contributed by atoms with van der Waals surface area (Å²) < 4.78 is 27.2. The summed E-state index contributed by atoms with van der Waals surface area (Å²) in [6, 6.07) is 5.26. The predicted molar refractivity (Wildman–Crippen MR) is 77.4 cm³/mol. The first-order chi connectivity index (χ1) is 8.95. The van der Waals surface area contributed by atoms with E-state index in [0.29, 0.717) is 22.5 Å². The van der Waals surface area contributed by atoms with E-state index in [1.165, 1.54) is 4.31 Å². The number of hydrogen-bond acceptors (Lipinski definition) is 3. The lowest BCUT2D eigenvalue weighted by Crippen LogP contribution is -2.39. The van der Waals surface area contributed by atoms with Crippen LogP contribution in [0.25, 0.3) is 0 Å². The average molecular weight is 348 g/mol. The van der Waals surface area contributed by atoms with E-state index in [2.05, 4.69) is 15.9 Å². The van der Waals surface area contributed by atoms with Crippen LogP contribution >= 0.6 is 15.9 Å². The topological polar surface area (TPSA) is 57.6 Å². The third-order valence-corrected chi connectivity index (χ3v) is 6.41. The molecule has 0 bridgehead atoms. The fraction of sp³-hybridized carbons (Fsp3) is 0.538. The van der Waals surface area contributed by atoms with E-state index < -0.39 is 10.0 Å². The maximum Gasteiger partial charge on any atom is 0.244 e. The van der Waals surface area contributed by atoms with Crippen LogP contribution in [0.2, 0.25) is 0 Å². The van der Waals surface area contributed by atoms with E-state index in [1.54, 1.807) is 12.1 Å². The van der Waals surface area contributed by atoms with Gasteiger partial charge in [-0.1, -0.05) is 6.07 Å². The summed E-state index contributed by atoms with van der Waals surface area (Å²) in [6.07, 6.45) is 1.44. The molecule has 0 aromatic heterocycles. The fourth-order valence-electron chi connectivity index (χ4n) is 2.29. The molecule has 1 saturated heterocycles. The Morgan fingerprint density at radius 1 is 1.37 bits per heavy atom. The van der Waals surface area contributed by atoms with Crippen molar-refractivity contribution in [2.24, 2.45) is 5.92 Å². The maximum absolute atomic E-state index is 12.5. The van der Waals surface area contributed by atoms with Gasteiger partial charge in [-0.2, -0.15) is 4.31 Å². The van der Waals surface area contributed by atoms with E-state index in [1.807, 2.05) is 13.0 Å². The maximum atomic E-state index is 12.5. The minimum atomic E-state index is -3.44. The Morgan fingerprint density at radius 2 is 2.00 bits per heavy atom. The molecule has 4 nitrogen and oxygen atoms in total. The molecule has 19 heavy (non-hydrogen) atoms. The van der Waals surface area contributed by atoms with Crippen LogP contribution in [-0.2, 0) is 10.0 Å². The van der Waals surface area contributed by atoms with Crippen molar-refractivity contribution in [3.8, 4) is 0 Å². The summed E-state index contributed by atoms with van der Waals surface area (Å²) in [5, 5.41) is 9.10. The van der Waals surface area contributed by atoms with Crippen molar-refractivity contribution < 1.29 is 13.5 Å². The molecule has 1 aliphatic heterocycles. The van der Waals surface area contributed by atoms with Crippen LogP contribution in [0.1, 0.15) is 18.4 Å². The van der Waals surface area contributed by atoms with Crippen LogP contribution in [0, 0.1) is 12.8 Å². The molecule has 0 spiro atoms. The second-order valence-electron chi connectivity index (χ2n) is 4.96. The lowest BCUT2D eigenvalue weighted by Gasteiger charge is -2.30. The van der Waals surface area contributed by atoms with Crippen molar-refractivity contribution in [2.45, 2.75) is 24.7 Å². The van der Waals surface area contributed by atoms with Gasteiger partial charge in [0.05, 0.1) is 4.90 Å². The zero-order valence-corrected chi connectivity index (χ0v) is 13.2. The van der Waals surface area contributed by atoms with Crippen molar-refractivity contribution >= 4 is 26.0 Å². The molecule has 106 valence electrons. The Labute approximate surface area is 122 Å². The average Bonchev–Trinajstić information content (AvgIpc) is 2.38. The van der Waals surface area contributed by atoms with Crippen LogP contribution in [-0.4, -0.2) is 37.5 Å². The highest BCUT2D eigenvalue weighted by Crippen LogP contribution is 2.28. The number of sulfonamides is 1. The number of rotatable bonds is 3. The highest BCUT2D eigenvalue weighted by atomic mass is 79.9. The van der Waals surface area contributed by atoms with E-state index in [4.69, 9.17) is 5.11 Å². The molecule has 1 fully saturated rings. The van der Waals surface area contributed by atoms with Gasteiger partial charge in [0.15, 0.2) is 0 Å². The van der Waals surface area contributed by atoms with Gasteiger partial charge in [0.2, 0.25) is 10.0 Å². The molecule has 0 radical (unpaired) electrons. The zero-order chi connectivity index (χ0) is 14.0. The molecule has 1 N–H and O–H groups in total. The zero-order valence-electron chi connectivity index (χ0n) is 10.8. The summed E-state index contributed by atoms with van der Waals surface area (Å²) in [7, 11) is -3.44. The highest BCUT2D eigenvalue weighted by molar-refractivity contribution is 9.10. The number of hydrogen-bond donors (Lipinski definition) is 1. The minimum Gasteiger partial charge on any atom is -0.396 e. The number of benzene rings is 1. The Morgan fingerprint density at radius 3 is 2.53 bits per heavy atom. The molecule has 6 heteroatoms. The molecule has 1 aromatic rings. The molecular formula is C13H18BrNO3S. The van der Waals surface area contributed by atoms with Gasteiger partial charge in [0.25, 0.3) is 0 Å². The molecule has 0 amide bonds. The molecule has 2 rings (SSSR count). The van der Waals surface area contributed by atoms with Crippen molar-refractivity contribution in [1.82, 2.24) is 4.31 Å². The van der Waals surface area contributed by atoms with Crippen LogP contribution < -0.4 is 0 Å². The first-order valence-electron chi connectivity index (χ1n) is 6.32. The lowest BCUT2D eigenvalue weighted by atomic mass is 10.00. The van der Waals surface area contributed by atoms with Crippen molar-refractivity contribution in [2.75, 3.05) is 19.7 Å². The van der Waals surface area contributed by atoms with E-state index in [9.17, 15) is 8.42 Å². The third kappa shape index (κ3) is 3.18. The quantitative estimate of drug-likeness (QED) is 0.911. The number of aliphatic hydroxyl groups excluding tert-OH is 1. The smallest absolute Gasteiger partial charge is 0.244 e. The van der Waals surface area contributed by atoms with Crippen LogP contribution in [0.3, 0.4) is 0 Å². The second kappa shape index (κ2) is 5.91. The summed E-state index contributed by atoms with van der Waals surface area (Å²) in [6.45, 7) is 3.03. The second-order valence-corrected chi connectivity index (χ2v) is 7.72. The van der Waals surface area contributed by atoms with Gasteiger partial charge < -0.3 is 5.11 Å². The van der Waals surface area contributed by atoms with Gasteiger partial charge in [0.1, 0.15) is 0 Å². The number of halogens is 1. The molecular weight excluding hydrogens is 330 g/mol. The van der Waals surface area contributed by atoms with Crippen LogP contribution in [0.5, 0.6) is 0 Å². The summed E-state index contributed by atoms with van der Waals surface area (Å²) >= 11 is 3.33. The van der Waals surface area contributed by atoms with Crippen LogP contribution in [0.15, 0.2) is 27.6 Å². The normalized spacial score (nSPS) is 18.7. The van der Waals surface area contributed by atoms with E-state index in [-0.39, 0.29) is 12.5 Å². The molecule has 1 heterocycles. The summed E-state index contributed by atoms with van der Waals surface area (Å²) in [4.78, 5) is 0.320. The highest BCUT2D eigenvalue weighted by Gasteiger charge is 2.30. The molecule has 0 unspecified atom stereocenters. The molecule has 0 atom stereocenters. The first kappa shape index (κ1) is 15.0. The van der Waals surface area contributed by atoms with Gasteiger partial charge in [0, 0.05) is 24.2 Å². The van der Waals surface area contributed by atoms with Gasteiger partial charge in [-0.25, -0.2) is 8.42 Å². The first-order valence-corrected chi connectivity index (χ1v) is 8.55. The standard InChI is InChI=1S/C13H18BrNO3S/c1-10-2-3-13(12(14)8-10)19(17,18)15-6-4-11(9-16)5-7-15/h2-3,8,11,16H,4-7,9H2,1H3. The molecule has 0 aliphatic carbocycles. The fourth-order valence-corrected chi connectivity index (χ4v) is 4.91. The molecule has 1 aliphatic rings. The number of aryl methyl sites for hydroxylation is 1. The predicted octanol–water partition coefficient (Wildman–Crippen LogP) is 2.15. The van der Waals surface area contributed by atoms with Gasteiger partial charge in [-0.05, 0) is 59.3 Å².